The van der Waals surface area contributed by atoms with Gasteiger partial charge in [0.15, 0.2) is 11.6 Å². The average Bonchev–Trinajstić information content (AvgIpc) is 2.54. The van der Waals surface area contributed by atoms with Crippen LogP contribution in [-0.4, -0.2) is 25.5 Å². The van der Waals surface area contributed by atoms with Gasteiger partial charge in [0.1, 0.15) is 29.5 Å². The molecule has 5 nitrogen and oxygen atoms in total. The molecule has 8 heteroatoms. The van der Waals surface area contributed by atoms with Gasteiger partial charge in [0.2, 0.25) is 0 Å². The van der Waals surface area contributed by atoms with E-state index in [1.165, 1.54) is 19.2 Å². The Bertz CT molecular complexity index is 726. The Morgan fingerprint density at radius 1 is 1.04 bits per heavy atom. The highest BCUT2D eigenvalue weighted by Gasteiger charge is 2.21. The van der Waals surface area contributed by atoms with Crippen molar-refractivity contribution in [2.45, 2.75) is 6.92 Å². The minimum absolute atomic E-state index is 0.0502. The first-order chi connectivity index (χ1) is 11.5. The molecule has 2 aromatic rings. The van der Waals surface area contributed by atoms with Gasteiger partial charge in [-0.1, -0.05) is 6.07 Å². The number of nitrogens with one attached hydrogen (secondary N) is 2. The molecule has 2 aromatic carbocycles. The molecule has 0 saturated heterocycles. The van der Waals surface area contributed by atoms with Gasteiger partial charge >= 0.3 is 0 Å². The van der Waals surface area contributed by atoms with E-state index in [1.54, 1.807) is 18.5 Å². The quantitative estimate of drug-likeness (QED) is 0.525. The maximum absolute atomic E-state index is 14.1. The van der Waals surface area contributed by atoms with Crippen LogP contribution in [0.25, 0.3) is 0 Å². The van der Waals surface area contributed by atoms with Crippen LogP contribution in [0.15, 0.2) is 24.3 Å². The van der Waals surface area contributed by atoms with Crippen molar-refractivity contribution in [1.82, 2.24) is 0 Å². The third-order valence-electron chi connectivity index (χ3n) is 3.22. The molecule has 0 aliphatic carbocycles. The predicted molar refractivity (Wildman–Crippen MR) is 83.6 cm³/mol. The molecular weight excluding hydrogens is 325 g/mol. The summed E-state index contributed by atoms with van der Waals surface area (Å²) in [6.07, 6.45) is 0. The zero-order valence-electron chi connectivity index (χ0n) is 13.1. The van der Waals surface area contributed by atoms with Crippen LogP contribution in [0.2, 0.25) is 0 Å². The Morgan fingerprint density at radius 2 is 1.79 bits per heavy atom. The van der Waals surface area contributed by atoms with Gasteiger partial charge in [-0.15, -0.1) is 0 Å². The maximum atomic E-state index is 14.1. The zero-order valence-corrected chi connectivity index (χ0v) is 13.1. The summed E-state index contributed by atoms with van der Waals surface area (Å²) >= 11 is 0. The Kier molecular flexibility index (Phi) is 5.88. The van der Waals surface area contributed by atoms with Crippen molar-refractivity contribution in [2.75, 3.05) is 31.1 Å². The number of halogens is 3. The lowest BCUT2D eigenvalue weighted by Gasteiger charge is -2.17. The summed E-state index contributed by atoms with van der Waals surface area (Å²) in [5, 5.41) is 11.7. The van der Waals surface area contributed by atoms with Gasteiger partial charge in [0, 0.05) is 13.2 Å². The van der Waals surface area contributed by atoms with Crippen molar-refractivity contribution in [1.29, 1.82) is 0 Å². The molecule has 0 unspecified atom stereocenters. The number of ether oxygens (including phenoxy) is 2. The molecule has 24 heavy (non-hydrogen) atoms. The van der Waals surface area contributed by atoms with Gasteiger partial charge in [-0.3, -0.25) is 10.7 Å². The van der Waals surface area contributed by atoms with Crippen LogP contribution >= 0.6 is 0 Å². The van der Waals surface area contributed by atoms with Gasteiger partial charge in [0.25, 0.3) is 0 Å². The van der Waals surface area contributed by atoms with Crippen LogP contribution in [0.4, 0.5) is 30.2 Å². The van der Waals surface area contributed by atoms with E-state index in [-0.39, 0.29) is 30.3 Å². The normalized spacial score (nSPS) is 10.6. The van der Waals surface area contributed by atoms with E-state index >= 15 is 0 Å². The molecule has 0 atom stereocenters. The van der Waals surface area contributed by atoms with Gasteiger partial charge < -0.3 is 14.8 Å². The molecule has 0 radical (unpaired) electrons. The van der Waals surface area contributed by atoms with E-state index in [0.29, 0.717) is 5.56 Å². The number of rotatable bonds is 7. The van der Waals surface area contributed by atoms with Crippen LogP contribution in [0.3, 0.4) is 0 Å². The molecule has 3 N–H and O–H groups in total. The van der Waals surface area contributed by atoms with Crippen LogP contribution in [0.1, 0.15) is 5.56 Å². The van der Waals surface area contributed by atoms with E-state index in [2.05, 4.69) is 5.32 Å². The summed E-state index contributed by atoms with van der Waals surface area (Å²) in [5.74, 6) is -3.30. The van der Waals surface area contributed by atoms with Crippen molar-refractivity contribution in [3.63, 3.8) is 0 Å². The smallest absolute Gasteiger partial charge is 0.184 e. The molecule has 0 spiro atoms. The van der Waals surface area contributed by atoms with Crippen molar-refractivity contribution in [3.8, 4) is 5.75 Å². The Labute approximate surface area is 137 Å². The van der Waals surface area contributed by atoms with Gasteiger partial charge in [-0.05, 0) is 24.6 Å². The van der Waals surface area contributed by atoms with Gasteiger partial charge in [0.05, 0.1) is 12.3 Å². The van der Waals surface area contributed by atoms with Crippen molar-refractivity contribution >= 4 is 17.1 Å². The Balaban J connectivity index is 2.43. The predicted octanol–water partition coefficient (Wildman–Crippen LogP) is 3.98. The standard InChI is InChI=1S/C16H17F3N2O3/c1-9-3-4-12(10(17)7-9)20-16-14(19)11(18)8-13(15(16)21-22)24-6-5-23-2/h3-4,7-8,20-22H,5-6H2,1-2H3. The van der Waals surface area contributed by atoms with Crippen molar-refractivity contribution < 1.29 is 27.9 Å². The second-order valence-electron chi connectivity index (χ2n) is 4.98. The summed E-state index contributed by atoms with van der Waals surface area (Å²) in [7, 11) is 1.45. The SMILES string of the molecule is COCCOc1cc(F)c(F)c(Nc2ccc(C)cc2F)c1NO. The lowest BCUT2D eigenvalue weighted by Crippen LogP contribution is -2.10. The fraction of sp³-hybridized carbons (Fsp3) is 0.250. The van der Waals surface area contributed by atoms with Crippen molar-refractivity contribution in [3.05, 3.63) is 47.3 Å². The van der Waals surface area contributed by atoms with Crippen LogP contribution in [0, 0.1) is 24.4 Å². The molecule has 0 fully saturated rings. The molecule has 0 heterocycles. The van der Waals surface area contributed by atoms with Crippen LogP contribution in [0.5, 0.6) is 5.75 Å². The van der Waals surface area contributed by atoms with E-state index in [1.807, 2.05) is 0 Å². The summed E-state index contributed by atoms with van der Waals surface area (Å²) in [6.45, 7) is 1.95. The first kappa shape index (κ1) is 17.9. The lowest BCUT2D eigenvalue weighted by molar-refractivity contribution is 0.146. The highest BCUT2D eigenvalue weighted by atomic mass is 19.2. The summed E-state index contributed by atoms with van der Waals surface area (Å²) in [5.41, 5.74) is 1.60. The molecule has 0 aliphatic rings. The molecule has 130 valence electrons. The van der Waals surface area contributed by atoms with Crippen LogP contribution in [-0.2, 0) is 4.74 Å². The number of benzene rings is 2. The number of methoxy groups -OCH3 is 1. The first-order valence-corrected chi connectivity index (χ1v) is 7.05. The van der Waals surface area contributed by atoms with Crippen LogP contribution < -0.4 is 15.5 Å². The van der Waals surface area contributed by atoms with E-state index < -0.39 is 23.1 Å². The van der Waals surface area contributed by atoms with Gasteiger partial charge in [-0.25, -0.2) is 13.2 Å². The average molecular weight is 342 g/mol. The van der Waals surface area contributed by atoms with E-state index in [4.69, 9.17) is 9.47 Å². The topological polar surface area (TPSA) is 62.8 Å². The largest absolute Gasteiger partial charge is 0.489 e. The highest BCUT2D eigenvalue weighted by molar-refractivity contribution is 5.79. The molecule has 0 bridgehead atoms. The third kappa shape index (κ3) is 3.90. The third-order valence-corrected chi connectivity index (χ3v) is 3.22. The Hall–Kier alpha value is -2.45. The molecule has 0 aromatic heterocycles. The number of anilines is 3. The molecule has 0 aliphatic heterocycles. The van der Waals surface area contributed by atoms with Gasteiger partial charge in [-0.2, -0.15) is 0 Å². The number of aryl methyl sites for hydroxylation is 1. The summed E-state index contributed by atoms with van der Waals surface area (Å²) in [4.78, 5) is 0. The maximum Gasteiger partial charge on any atom is 0.184 e. The van der Waals surface area contributed by atoms with Crippen molar-refractivity contribution in [2.24, 2.45) is 0 Å². The number of hydrogen-bond donors (Lipinski definition) is 3. The second kappa shape index (κ2) is 7.89. The molecular formula is C16H17F3N2O3. The first-order valence-electron chi connectivity index (χ1n) is 7.05. The summed E-state index contributed by atoms with van der Waals surface area (Å²) < 4.78 is 51.9. The van der Waals surface area contributed by atoms with E-state index in [0.717, 1.165) is 6.07 Å². The fourth-order valence-corrected chi connectivity index (χ4v) is 2.04. The minimum atomic E-state index is -1.29. The molecule has 0 amide bonds. The number of hydrogen-bond acceptors (Lipinski definition) is 5. The lowest BCUT2D eigenvalue weighted by atomic mass is 10.2. The highest BCUT2D eigenvalue weighted by Crippen LogP contribution is 2.38. The molecule has 0 saturated carbocycles. The zero-order chi connectivity index (χ0) is 17.7. The Morgan fingerprint density at radius 3 is 2.42 bits per heavy atom. The van der Waals surface area contributed by atoms with E-state index in [9.17, 15) is 18.4 Å². The molecule has 2 rings (SSSR count). The minimum Gasteiger partial charge on any atom is -0.489 e. The monoisotopic (exact) mass is 342 g/mol. The second-order valence-corrected chi connectivity index (χ2v) is 4.98. The summed E-state index contributed by atoms with van der Waals surface area (Å²) in [6, 6.07) is 4.99. The fourth-order valence-electron chi connectivity index (χ4n) is 2.04.